The van der Waals surface area contributed by atoms with Gasteiger partial charge in [0.25, 0.3) is 0 Å². The number of rotatable bonds is 2. The summed E-state index contributed by atoms with van der Waals surface area (Å²) in [6.45, 7) is 0. The first-order chi connectivity index (χ1) is 6.79. The molecule has 1 fully saturated rings. The van der Waals surface area contributed by atoms with E-state index >= 15 is 0 Å². The van der Waals surface area contributed by atoms with Crippen LogP contribution in [0.1, 0.15) is 25.7 Å². The highest BCUT2D eigenvalue weighted by Crippen LogP contribution is 2.45. The van der Waals surface area contributed by atoms with Crippen LogP contribution in [0.2, 0.25) is 0 Å². The van der Waals surface area contributed by atoms with Gasteiger partial charge in [-0.15, -0.1) is 0 Å². The van der Waals surface area contributed by atoms with Gasteiger partial charge in [-0.05, 0) is 30.8 Å². The predicted molar refractivity (Wildman–Crippen MR) is 45.0 cm³/mol. The molecule has 86 valence electrons. The number of allylic oxidation sites excluding steroid dienone is 2. The predicted octanol–water partition coefficient (Wildman–Crippen LogP) is 2.31. The van der Waals surface area contributed by atoms with E-state index in [-0.39, 0.29) is 11.7 Å². The molecule has 15 heavy (non-hydrogen) atoms. The van der Waals surface area contributed by atoms with E-state index in [1.807, 2.05) is 0 Å². The van der Waals surface area contributed by atoms with Crippen LogP contribution in [0.15, 0.2) is 11.3 Å². The molecule has 2 bridgehead atoms. The molecule has 2 aliphatic rings. The van der Waals surface area contributed by atoms with Gasteiger partial charge in [-0.1, -0.05) is 0 Å². The van der Waals surface area contributed by atoms with E-state index in [0.29, 0.717) is 19.3 Å². The Kier molecular flexibility index (Phi) is 2.25. The lowest BCUT2D eigenvalue weighted by molar-refractivity contribution is -0.0524. The van der Waals surface area contributed by atoms with Gasteiger partial charge in [0.2, 0.25) is 0 Å². The summed E-state index contributed by atoms with van der Waals surface area (Å²) < 4.78 is 61.5. The van der Waals surface area contributed by atoms with Crippen LogP contribution in [0.4, 0.5) is 13.2 Å². The fraction of sp³-hybridized carbons (Fsp3) is 0.750. The second kappa shape index (κ2) is 3.13. The van der Waals surface area contributed by atoms with Crippen LogP contribution in [0.5, 0.6) is 0 Å². The molecule has 0 aromatic heterocycles. The number of alkyl halides is 3. The average molecular weight is 242 g/mol. The maximum atomic E-state index is 12.0. The molecule has 0 aliphatic heterocycles. The first kappa shape index (κ1) is 10.8. The van der Waals surface area contributed by atoms with Crippen molar-refractivity contribution < 1.29 is 25.8 Å². The molecule has 0 spiro atoms. The van der Waals surface area contributed by atoms with E-state index in [9.17, 15) is 21.6 Å². The summed E-state index contributed by atoms with van der Waals surface area (Å²) in [7, 11) is -5.46. The van der Waals surface area contributed by atoms with Crippen LogP contribution in [-0.2, 0) is 14.3 Å². The second-order valence-corrected chi connectivity index (χ2v) is 5.36. The molecule has 0 aromatic carbocycles. The van der Waals surface area contributed by atoms with Crippen LogP contribution in [0.25, 0.3) is 0 Å². The molecule has 0 heterocycles. The number of fused-ring (bicyclic) bond motifs is 2. The van der Waals surface area contributed by atoms with Crippen LogP contribution >= 0.6 is 0 Å². The molecule has 1 atom stereocenters. The highest BCUT2D eigenvalue weighted by molar-refractivity contribution is 7.87. The van der Waals surface area contributed by atoms with Gasteiger partial charge < -0.3 is 4.18 Å². The van der Waals surface area contributed by atoms with Gasteiger partial charge in [-0.3, -0.25) is 0 Å². The van der Waals surface area contributed by atoms with Crippen molar-refractivity contribution >= 4 is 10.1 Å². The summed E-state index contributed by atoms with van der Waals surface area (Å²) in [6.07, 6.45) is 2.59. The van der Waals surface area contributed by atoms with Crippen LogP contribution in [0.3, 0.4) is 0 Å². The van der Waals surface area contributed by atoms with E-state index in [2.05, 4.69) is 4.18 Å². The van der Waals surface area contributed by atoms with E-state index in [1.54, 1.807) is 0 Å². The van der Waals surface area contributed by atoms with Crippen molar-refractivity contribution in [2.24, 2.45) is 5.92 Å². The molecular weight excluding hydrogens is 233 g/mol. The zero-order valence-electron chi connectivity index (χ0n) is 7.67. The molecule has 0 amide bonds. The SMILES string of the molecule is O=S(=O)(OC1=C2CCC(C2)C1)C(F)(F)F. The van der Waals surface area contributed by atoms with Gasteiger partial charge in [0.15, 0.2) is 0 Å². The number of hydrogen-bond donors (Lipinski definition) is 0. The lowest BCUT2D eigenvalue weighted by atomic mass is 10.1. The van der Waals surface area contributed by atoms with E-state index < -0.39 is 15.6 Å². The third-order valence-electron chi connectivity index (χ3n) is 2.75. The summed E-state index contributed by atoms with van der Waals surface area (Å²) in [5.74, 6) is 0.294. The Morgan fingerprint density at radius 1 is 1.27 bits per heavy atom. The molecular formula is C8H9F3O3S. The molecule has 0 saturated heterocycles. The van der Waals surface area contributed by atoms with Gasteiger partial charge in [0, 0.05) is 6.42 Å². The van der Waals surface area contributed by atoms with Crippen LogP contribution < -0.4 is 0 Å². The van der Waals surface area contributed by atoms with Gasteiger partial charge in [-0.2, -0.15) is 21.6 Å². The highest BCUT2D eigenvalue weighted by atomic mass is 32.2. The molecule has 2 aliphatic carbocycles. The van der Waals surface area contributed by atoms with Gasteiger partial charge in [0.05, 0.1) is 0 Å². The van der Waals surface area contributed by atoms with Crippen molar-refractivity contribution in [1.82, 2.24) is 0 Å². The Hall–Kier alpha value is -0.720. The topological polar surface area (TPSA) is 43.4 Å². The van der Waals surface area contributed by atoms with Crippen molar-refractivity contribution in [2.75, 3.05) is 0 Å². The zero-order chi connectivity index (χ0) is 11.3. The normalized spacial score (nSPS) is 26.2. The van der Waals surface area contributed by atoms with Crippen molar-refractivity contribution in [3.05, 3.63) is 11.3 Å². The van der Waals surface area contributed by atoms with Gasteiger partial charge in [0.1, 0.15) is 5.76 Å². The van der Waals surface area contributed by atoms with Crippen molar-refractivity contribution in [2.45, 2.75) is 31.2 Å². The molecule has 0 N–H and O–H groups in total. The van der Waals surface area contributed by atoms with Crippen molar-refractivity contribution in [3.8, 4) is 0 Å². The Bertz CT molecular complexity index is 407. The van der Waals surface area contributed by atoms with E-state index in [4.69, 9.17) is 0 Å². The lowest BCUT2D eigenvalue weighted by Crippen LogP contribution is -2.25. The second-order valence-electron chi connectivity index (χ2n) is 3.82. The minimum absolute atomic E-state index is 0.0172. The summed E-state index contributed by atoms with van der Waals surface area (Å²) in [5.41, 5.74) is -4.60. The smallest absolute Gasteiger partial charge is 0.381 e. The maximum absolute atomic E-state index is 12.0. The van der Waals surface area contributed by atoms with Crippen LogP contribution in [-0.4, -0.2) is 13.9 Å². The van der Waals surface area contributed by atoms with Crippen molar-refractivity contribution in [1.29, 1.82) is 0 Å². The minimum atomic E-state index is -5.46. The minimum Gasteiger partial charge on any atom is -0.381 e. The molecule has 2 rings (SSSR count). The van der Waals surface area contributed by atoms with E-state index in [1.165, 1.54) is 0 Å². The molecule has 1 unspecified atom stereocenters. The van der Waals surface area contributed by atoms with Crippen LogP contribution in [0, 0.1) is 5.92 Å². The standard InChI is InChI=1S/C8H9F3O3S/c9-8(10,11)15(12,13)14-7-4-5-1-2-6(7)3-5/h5H,1-4H2. The summed E-state index contributed by atoms with van der Waals surface area (Å²) in [5, 5.41) is 0. The number of hydrogen-bond acceptors (Lipinski definition) is 3. The molecule has 7 heteroatoms. The van der Waals surface area contributed by atoms with E-state index in [0.717, 1.165) is 12.0 Å². The quantitative estimate of drug-likeness (QED) is 0.551. The summed E-state index contributed by atoms with van der Waals surface area (Å²) in [4.78, 5) is 0. The number of halogens is 3. The highest BCUT2D eigenvalue weighted by Gasteiger charge is 2.50. The monoisotopic (exact) mass is 242 g/mol. The fourth-order valence-corrected chi connectivity index (χ4v) is 2.58. The summed E-state index contributed by atoms with van der Waals surface area (Å²) in [6, 6.07) is 0. The molecule has 0 aromatic rings. The molecule has 3 nitrogen and oxygen atoms in total. The molecule has 0 radical (unpaired) electrons. The first-order valence-electron chi connectivity index (χ1n) is 4.51. The first-order valence-corrected chi connectivity index (χ1v) is 5.92. The summed E-state index contributed by atoms with van der Waals surface area (Å²) >= 11 is 0. The van der Waals surface area contributed by atoms with Gasteiger partial charge in [-0.25, -0.2) is 0 Å². The van der Waals surface area contributed by atoms with Gasteiger partial charge >= 0.3 is 15.6 Å². The largest absolute Gasteiger partial charge is 0.534 e. The Balaban J connectivity index is 2.17. The Morgan fingerprint density at radius 2 is 1.93 bits per heavy atom. The zero-order valence-corrected chi connectivity index (χ0v) is 8.49. The Morgan fingerprint density at radius 3 is 2.33 bits per heavy atom. The maximum Gasteiger partial charge on any atom is 0.534 e. The third-order valence-corrected chi connectivity index (χ3v) is 3.74. The molecule has 1 saturated carbocycles. The third kappa shape index (κ3) is 1.84. The lowest BCUT2D eigenvalue weighted by Gasteiger charge is -2.14. The average Bonchev–Trinajstić information content (AvgIpc) is 2.61. The Labute approximate surface area is 85.0 Å². The fourth-order valence-electron chi connectivity index (χ4n) is 2.04. The van der Waals surface area contributed by atoms with Crippen molar-refractivity contribution in [3.63, 3.8) is 0 Å².